The molecule has 8 heteroatoms. The van der Waals surface area contributed by atoms with E-state index in [1.165, 1.54) is 4.90 Å². The van der Waals surface area contributed by atoms with E-state index in [0.717, 1.165) is 6.26 Å². The third-order valence-corrected chi connectivity index (χ3v) is 3.68. The van der Waals surface area contributed by atoms with Gasteiger partial charge in [-0.3, -0.25) is 4.79 Å². The lowest BCUT2D eigenvalue weighted by atomic mass is 10.1. The van der Waals surface area contributed by atoms with E-state index in [2.05, 4.69) is 5.32 Å². The second kappa shape index (κ2) is 7.28. The van der Waals surface area contributed by atoms with Crippen molar-refractivity contribution in [3.8, 4) is 0 Å². The number of likely N-dealkylation sites (N-methyl/N-ethyl adjacent to an activating group) is 1. The average molecular weight is 301 g/mol. The summed E-state index contributed by atoms with van der Waals surface area (Å²) in [5.41, 5.74) is 0. The number of halogens is 1. The average Bonchev–Trinajstić information content (AvgIpc) is 2.24. The zero-order chi connectivity index (χ0) is 13.1. The van der Waals surface area contributed by atoms with Crippen LogP contribution in [0.25, 0.3) is 0 Å². The van der Waals surface area contributed by atoms with E-state index in [9.17, 15) is 13.2 Å². The number of amides is 1. The fourth-order valence-electron chi connectivity index (χ4n) is 1.66. The van der Waals surface area contributed by atoms with Gasteiger partial charge in [-0.25, -0.2) is 8.42 Å². The Labute approximate surface area is 114 Å². The number of sulfone groups is 1. The molecule has 2 atom stereocenters. The Kier molecular flexibility index (Phi) is 7.13. The first kappa shape index (κ1) is 17.6. The van der Waals surface area contributed by atoms with Crippen LogP contribution in [0.4, 0.5) is 0 Å². The number of hydrogen-bond acceptors (Lipinski definition) is 5. The fourth-order valence-corrected chi connectivity index (χ4v) is 2.27. The molecule has 0 radical (unpaired) electrons. The van der Waals surface area contributed by atoms with Crippen LogP contribution in [0.5, 0.6) is 0 Å². The van der Waals surface area contributed by atoms with Crippen LogP contribution in [0.3, 0.4) is 0 Å². The van der Waals surface area contributed by atoms with Crippen molar-refractivity contribution in [2.24, 2.45) is 0 Å². The summed E-state index contributed by atoms with van der Waals surface area (Å²) in [7, 11) is -1.43. The van der Waals surface area contributed by atoms with E-state index in [-0.39, 0.29) is 42.8 Å². The Morgan fingerprint density at radius 3 is 2.61 bits per heavy atom. The molecule has 1 N–H and O–H groups in total. The Morgan fingerprint density at radius 1 is 1.50 bits per heavy atom. The lowest BCUT2D eigenvalue weighted by Gasteiger charge is -2.32. The predicted molar refractivity (Wildman–Crippen MR) is 71.8 cm³/mol. The van der Waals surface area contributed by atoms with E-state index in [1.54, 1.807) is 7.05 Å². The number of rotatable bonds is 4. The van der Waals surface area contributed by atoms with E-state index < -0.39 is 9.84 Å². The molecule has 1 aliphatic rings. The zero-order valence-electron chi connectivity index (χ0n) is 10.9. The highest BCUT2D eigenvalue weighted by molar-refractivity contribution is 7.90. The molecule has 1 fully saturated rings. The van der Waals surface area contributed by atoms with Gasteiger partial charge < -0.3 is 15.0 Å². The van der Waals surface area contributed by atoms with Gasteiger partial charge in [0.15, 0.2) is 0 Å². The summed E-state index contributed by atoms with van der Waals surface area (Å²) in [6.45, 7) is 3.28. The monoisotopic (exact) mass is 300 g/mol. The van der Waals surface area contributed by atoms with Crippen LogP contribution in [0.1, 0.15) is 6.92 Å². The van der Waals surface area contributed by atoms with Gasteiger partial charge in [-0.05, 0) is 6.92 Å². The van der Waals surface area contributed by atoms with Crippen molar-refractivity contribution in [3.63, 3.8) is 0 Å². The van der Waals surface area contributed by atoms with E-state index in [4.69, 9.17) is 4.74 Å². The Hall–Kier alpha value is -0.370. The predicted octanol–water partition coefficient (Wildman–Crippen LogP) is -0.712. The Balaban J connectivity index is 0.00000289. The number of carbonyl (C=O) groups is 1. The molecule has 1 heterocycles. The number of ether oxygens (including phenoxy) is 1. The molecule has 0 aromatic rings. The molecule has 18 heavy (non-hydrogen) atoms. The van der Waals surface area contributed by atoms with E-state index >= 15 is 0 Å². The lowest BCUT2D eigenvalue weighted by molar-refractivity contribution is -0.137. The summed E-state index contributed by atoms with van der Waals surface area (Å²) in [6.07, 6.45) is 0.979. The first-order valence-corrected chi connectivity index (χ1v) is 7.65. The molecule has 108 valence electrons. The van der Waals surface area contributed by atoms with Gasteiger partial charge in [-0.15, -0.1) is 12.4 Å². The molecule has 0 aromatic carbocycles. The standard InChI is InChI=1S/C10H20N2O4S.ClH/c1-8-9(11-4-6-16-8)10(13)12(2)5-7-17(3,14)15;/h8-9,11H,4-7H2,1-3H3;1H/t8-,9+;/m1./s1. The molecule has 1 amide bonds. The van der Waals surface area contributed by atoms with Gasteiger partial charge in [0.05, 0.1) is 18.5 Å². The Morgan fingerprint density at radius 2 is 2.11 bits per heavy atom. The third kappa shape index (κ3) is 5.51. The van der Waals surface area contributed by atoms with Crippen LogP contribution < -0.4 is 5.32 Å². The summed E-state index contributed by atoms with van der Waals surface area (Å²) in [4.78, 5) is 13.4. The number of morpholine rings is 1. The van der Waals surface area contributed by atoms with Crippen molar-refractivity contribution < 1.29 is 17.9 Å². The number of nitrogens with zero attached hydrogens (tertiary/aromatic N) is 1. The van der Waals surface area contributed by atoms with E-state index in [1.807, 2.05) is 6.92 Å². The van der Waals surface area contributed by atoms with Crippen LogP contribution >= 0.6 is 12.4 Å². The molecule has 0 aliphatic carbocycles. The SMILES string of the molecule is C[C@H]1OCCN[C@@H]1C(=O)N(C)CCS(C)(=O)=O.Cl. The van der Waals surface area contributed by atoms with Crippen molar-refractivity contribution in [2.45, 2.75) is 19.1 Å². The topological polar surface area (TPSA) is 75.7 Å². The third-order valence-electron chi connectivity index (χ3n) is 2.76. The van der Waals surface area contributed by atoms with E-state index in [0.29, 0.717) is 13.2 Å². The van der Waals surface area contributed by atoms with Gasteiger partial charge in [0.25, 0.3) is 0 Å². The van der Waals surface area contributed by atoms with Crippen LogP contribution in [-0.2, 0) is 19.4 Å². The summed E-state index contributed by atoms with van der Waals surface area (Å²) >= 11 is 0. The second-order valence-corrected chi connectivity index (χ2v) is 6.66. The minimum absolute atomic E-state index is 0. The van der Waals surface area contributed by atoms with Crippen molar-refractivity contribution in [1.82, 2.24) is 10.2 Å². The van der Waals surface area contributed by atoms with Gasteiger partial charge in [0, 0.05) is 26.4 Å². The highest BCUT2D eigenvalue weighted by Gasteiger charge is 2.30. The smallest absolute Gasteiger partial charge is 0.242 e. The Bertz CT molecular complexity index is 374. The maximum Gasteiger partial charge on any atom is 0.242 e. The van der Waals surface area contributed by atoms with Gasteiger partial charge >= 0.3 is 0 Å². The first-order chi connectivity index (χ1) is 7.81. The zero-order valence-corrected chi connectivity index (χ0v) is 12.5. The molecular formula is C10H21ClN2O4S. The normalized spacial score (nSPS) is 24.2. The van der Waals surface area contributed by atoms with Gasteiger partial charge in [-0.2, -0.15) is 0 Å². The minimum Gasteiger partial charge on any atom is -0.375 e. The van der Waals surface area contributed by atoms with Crippen LogP contribution in [0.2, 0.25) is 0 Å². The number of nitrogens with one attached hydrogen (secondary N) is 1. The van der Waals surface area contributed by atoms with Crippen LogP contribution in [0.15, 0.2) is 0 Å². The number of hydrogen-bond donors (Lipinski definition) is 1. The van der Waals surface area contributed by atoms with Gasteiger partial charge in [0.1, 0.15) is 15.9 Å². The van der Waals surface area contributed by atoms with Crippen molar-refractivity contribution in [1.29, 1.82) is 0 Å². The first-order valence-electron chi connectivity index (χ1n) is 5.59. The fraction of sp³-hybridized carbons (Fsp3) is 0.900. The van der Waals surface area contributed by atoms with Gasteiger partial charge in [0.2, 0.25) is 5.91 Å². The number of carbonyl (C=O) groups excluding carboxylic acids is 1. The molecule has 0 bridgehead atoms. The largest absolute Gasteiger partial charge is 0.375 e. The van der Waals surface area contributed by atoms with Crippen molar-refractivity contribution in [3.05, 3.63) is 0 Å². The molecule has 1 saturated heterocycles. The van der Waals surface area contributed by atoms with Crippen LogP contribution in [0, 0.1) is 0 Å². The van der Waals surface area contributed by atoms with Crippen LogP contribution in [-0.4, -0.2) is 70.1 Å². The molecule has 0 saturated carbocycles. The highest BCUT2D eigenvalue weighted by Crippen LogP contribution is 2.06. The van der Waals surface area contributed by atoms with Gasteiger partial charge in [-0.1, -0.05) is 0 Å². The maximum absolute atomic E-state index is 12.0. The minimum atomic E-state index is -3.04. The molecule has 6 nitrogen and oxygen atoms in total. The summed E-state index contributed by atoms with van der Waals surface area (Å²) < 4.78 is 27.4. The molecule has 0 spiro atoms. The highest BCUT2D eigenvalue weighted by atomic mass is 35.5. The lowest BCUT2D eigenvalue weighted by Crippen LogP contribution is -2.56. The summed E-state index contributed by atoms with van der Waals surface area (Å²) in [5, 5.41) is 3.08. The van der Waals surface area contributed by atoms with Crippen molar-refractivity contribution in [2.75, 3.05) is 38.8 Å². The second-order valence-electron chi connectivity index (χ2n) is 4.40. The quantitative estimate of drug-likeness (QED) is 0.742. The summed E-state index contributed by atoms with van der Waals surface area (Å²) in [5.74, 6) is -0.141. The maximum atomic E-state index is 12.0. The van der Waals surface area contributed by atoms with Crippen molar-refractivity contribution >= 4 is 28.2 Å². The molecule has 0 aromatic heterocycles. The molecule has 1 rings (SSSR count). The molecule has 1 aliphatic heterocycles. The summed E-state index contributed by atoms with van der Waals surface area (Å²) in [6, 6.07) is -0.381. The molecular weight excluding hydrogens is 280 g/mol. The molecule has 0 unspecified atom stereocenters.